The lowest BCUT2D eigenvalue weighted by atomic mass is 10.5. The molecule has 0 rings (SSSR count). The molecule has 36 valence electrons. The summed E-state index contributed by atoms with van der Waals surface area (Å²) in [6.45, 7) is 5.40. The third-order valence-electron chi connectivity index (χ3n) is 0.432. The van der Waals surface area contributed by atoms with Gasteiger partial charge in [0.2, 0.25) is 0 Å². The van der Waals surface area contributed by atoms with Crippen LogP contribution in [0.4, 0.5) is 0 Å². The lowest BCUT2D eigenvalue weighted by molar-refractivity contribution is 1.25. The summed E-state index contributed by atoms with van der Waals surface area (Å²) in [5.74, 6) is 0. The van der Waals surface area contributed by atoms with Crippen LogP contribution < -0.4 is 0 Å². The lowest BCUT2D eigenvalue weighted by Crippen LogP contribution is -1.83. The van der Waals surface area contributed by atoms with Crippen LogP contribution in [0.1, 0.15) is 6.92 Å². The Balaban J connectivity index is 3.26. The maximum Gasteiger partial charge on any atom is 0.0468 e. The van der Waals surface area contributed by atoms with E-state index in [4.69, 9.17) is 11.6 Å². The number of rotatable bonds is 1. The quantitative estimate of drug-likeness (QED) is 0.529. The molecule has 6 heavy (non-hydrogen) atoms. The Bertz CT molecular complexity index is 58.6. The molecule has 1 atom stereocenters. The fourth-order valence-electron chi connectivity index (χ4n) is 0. The molecule has 0 radical (unpaired) electrons. The van der Waals surface area contributed by atoms with Crippen LogP contribution in [0.3, 0.4) is 0 Å². The minimum absolute atomic E-state index is 0.235. The SMILES string of the molecule is C=C(Cl)C(C)Br. The van der Waals surface area contributed by atoms with Crippen molar-refractivity contribution in [1.29, 1.82) is 0 Å². The highest BCUT2D eigenvalue weighted by atomic mass is 79.9. The van der Waals surface area contributed by atoms with Gasteiger partial charge < -0.3 is 0 Å². The molecule has 0 aromatic heterocycles. The predicted molar refractivity (Wildman–Crippen MR) is 33.4 cm³/mol. The molecule has 0 aliphatic carbocycles. The van der Waals surface area contributed by atoms with Crippen molar-refractivity contribution in [1.82, 2.24) is 0 Å². The van der Waals surface area contributed by atoms with E-state index in [1.54, 1.807) is 0 Å². The zero-order valence-corrected chi connectivity index (χ0v) is 5.88. The molecule has 0 nitrogen and oxygen atoms in total. The maximum absolute atomic E-state index is 5.37. The highest BCUT2D eigenvalue weighted by Crippen LogP contribution is 2.11. The summed E-state index contributed by atoms with van der Waals surface area (Å²) >= 11 is 8.58. The van der Waals surface area contributed by atoms with Gasteiger partial charge in [-0.15, -0.1) is 0 Å². The molecule has 0 fully saturated rings. The van der Waals surface area contributed by atoms with Crippen LogP contribution in [0, 0.1) is 0 Å². The van der Waals surface area contributed by atoms with E-state index in [0.717, 1.165) is 0 Å². The molecular weight excluding hydrogens is 163 g/mol. The van der Waals surface area contributed by atoms with Gasteiger partial charge in [-0.1, -0.05) is 34.1 Å². The molecule has 0 saturated carbocycles. The van der Waals surface area contributed by atoms with Crippen molar-refractivity contribution in [2.24, 2.45) is 0 Å². The minimum Gasteiger partial charge on any atom is -0.0886 e. The lowest BCUT2D eigenvalue weighted by Gasteiger charge is -1.92. The Morgan fingerprint density at radius 1 is 2.00 bits per heavy atom. The topological polar surface area (TPSA) is 0 Å². The molecule has 0 aromatic rings. The van der Waals surface area contributed by atoms with Crippen LogP contribution in [-0.2, 0) is 0 Å². The van der Waals surface area contributed by atoms with Crippen LogP contribution in [0.2, 0.25) is 0 Å². The summed E-state index contributed by atoms with van der Waals surface area (Å²) in [6, 6.07) is 0. The van der Waals surface area contributed by atoms with Crippen LogP contribution in [-0.4, -0.2) is 4.83 Å². The first-order valence-corrected chi connectivity index (χ1v) is 2.92. The number of hydrogen-bond acceptors (Lipinski definition) is 0. The molecule has 0 bridgehead atoms. The molecule has 1 unspecified atom stereocenters. The second kappa shape index (κ2) is 2.64. The van der Waals surface area contributed by atoms with E-state index < -0.39 is 0 Å². The van der Waals surface area contributed by atoms with E-state index >= 15 is 0 Å². The summed E-state index contributed by atoms with van der Waals surface area (Å²) in [6.07, 6.45) is 0. The Kier molecular flexibility index (Phi) is 2.87. The first kappa shape index (κ1) is 6.51. The first-order valence-electron chi connectivity index (χ1n) is 1.63. The fraction of sp³-hybridized carbons (Fsp3) is 0.500. The van der Waals surface area contributed by atoms with Gasteiger partial charge in [0.15, 0.2) is 0 Å². The van der Waals surface area contributed by atoms with Gasteiger partial charge in [-0.3, -0.25) is 0 Å². The average Bonchev–Trinajstić information content (AvgIpc) is 1.36. The summed E-state index contributed by atoms with van der Waals surface area (Å²) in [5, 5.41) is 0.648. The number of allylic oxidation sites excluding steroid dienone is 1. The van der Waals surface area contributed by atoms with Gasteiger partial charge in [-0.2, -0.15) is 0 Å². The van der Waals surface area contributed by atoms with Crippen LogP contribution in [0.5, 0.6) is 0 Å². The summed E-state index contributed by atoms with van der Waals surface area (Å²) in [5.41, 5.74) is 0. The highest BCUT2D eigenvalue weighted by Gasteiger charge is 1.92. The maximum atomic E-state index is 5.37. The first-order chi connectivity index (χ1) is 2.64. The molecule has 0 amide bonds. The largest absolute Gasteiger partial charge is 0.0886 e. The van der Waals surface area contributed by atoms with E-state index in [1.165, 1.54) is 0 Å². The molecule has 0 heterocycles. The van der Waals surface area contributed by atoms with Crippen molar-refractivity contribution in [3.63, 3.8) is 0 Å². The van der Waals surface area contributed by atoms with Crippen molar-refractivity contribution >= 4 is 27.5 Å². The van der Waals surface area contributed by atoms with Gasteiger partial charge in [-0.25, -0.2) is 0 Å². The molecule has 0 aromatic carbocycles. The van der Waals surface area contributed by atoms with Crippen molar-refractivity contribution < 1.29 is 0 Å². The molecule has 0 saturated heterocycles. The molecular formula is C4H6BrCl. The van der Waals surface area contributed by atoms with Gasteiger partial charge in [-0.05, 0) is 6.92 Å². The van der Waals surface area contributed by atoms with Gasteiger partial charge >= 0.3 is 0 Å². The van der Waals surface area contributed by atoms with Gasteiger partial charge in [0.05, 0.1) is 0 Å². The Morgan fingerprint density at radius 3 is 2.17 bits per heavy atom. The Hall–Kier alpha value is 0.510. The second-order valence-electron chi connectivity index (χ2n) is 1.06. The zero-order valence-electron chi connectivity index (χ0n) is 3.54. The molecule has 2 heteroatoms. The molecule has 0 spiro atoms. The van der Waals surface area contributed by atoms with E-state index in [0.29, 0.717) is 5.03 Å². The summed E-state index contributed by atoms with van der Waals surface area (Å²) in [7, 11) is 0. The zero-order chi connectivity index (χ0) is 5.15. The molecule has 0 aliphatic heterocycles. The number of hydrogen-bond donors (Lipinski definition) is 0. The monoisotopic (exact) mass is 168 g/mol. The Morgan fingerprint density at radius 2 is 2.17 bits per heavy atom. The van der Waals surface area contributed by atoms with Crippen molar-refractivity contribution in [2.45, 2.75) is 11.8 Å². The smallest absolute Gasteiger partial charge is 0.0468 e. The molecule has 0 N–H and O–H groups in total. The standard InChI is InChI=1S/C4H6BrCl/c1-3(5)4(2)6/h3H,2H2,1H3. The van der Waals surface area contributed by atoms with Crippen LogP contribution in [0.15, 0.2) is 11.6 Å². The van der Waals surface area contributed by atoms with E-state index in [9.17, 15) is 0 Å². The van der Waals surface area contributed by atoms with Gasteiger partial charge in [0.1, 0.15) is 0 Å². The highest BCUT2D eigenvalue weighted by molar-refractivity contribution is 9.09. The summed E-state index contributed by atoms with van der Waals surface area (Å²) in [4.78, 5) is 0.235. The predicted octanol–water partition coefficient (Wildman–Crippen LogP) is 2.52. The number of halogens is 2. The number of alkyl halides is 1. The van der Waals surface area contributed by atoms with Crippen LogP contribution in [0.25, 0.3) is 0 Å². The molecule has 0 aliphatic rings. The Labute approximate surface area is 51.3 Å². The third-order valence-corrected chi connectivity index (χ3v) is 1.58. The van der Waals surface area contributed by atoms with Crippen molar-refractivity contribution in [3.05, 3.63) is 11.6 Å². The fourth-order valence-corrected chi connectivity index (χ4v) is 0. The summed E-state index contributed by atoms with van der Waals surface area (Å²) < 4.78 is 0. The van der Waals surface area contributed by atoms with E-state index in [-0.39, 0.29) is 4.83 Å². The normalized spacial score (nSPS) is 13.8. The third kappa shape index (κ3) is 2.73. The van der Waals surface area contributed by atoms with Crippen molar-refractivity contribution in [2.75, 3.05) is 0 Å². The minimum atomic E-state index is 0.235. The van der Waals surface area contributed by atoms with Crippen molar-refractivity contribution in [3.8, 4) is 0 Å². The van der Waals surface area contributed by atoms with Gasteiger partial charge in [0.25, 0.3) is 0 Å². The van der Waals surface area contributed by atoms with Crippen LogP contribution >= 0.6 is 27.5 Å². The second-order valence-corrected chi connectivity index (χ2v) is 2.92. The van der Waals surface area contributed by atoms with E-state index in [2.05, 4.69) is 22.5 Å². The average molecular weight is 169 g/mol. The van der Waals surface area contributed by atoms with Gasteiger partial charge in [0, 0.05) is 9.86 Å². The van der Waals surface area contributed by atoms with E-state index in [1.807, 2.05) is 6.92 Å².